The van der Waals surface area contributed by atoms with Gasteiger partial charge in [-0.1, -0.05) is 20.8 Å². The summed E-state index contributed by atoms with van der Waals surface area (Å²) in [7, 11) is 0. The molecule has 0 amide bonds. The van der Waals surface area contributed by atoms with Gasteiger partial charge in [-0.3, -0.25) is 0 Å². The summed E-state index contributed by atoms with van der Waals surface area (Å²) in [5.41, 5.74) is 0. The number of hydrogen-bond acceptors (Lipinski definition) is 4. The minimum absolute atomic E-state index is 0.585. The maximum Gasteiger partial charge on any atom is 0.00792 e. The third-order valence-electron chi connectivity index (χ3n) is 2.74. The van der Waals surface area contributed by atoms with Crippen LogP contribution in [0.4, 0.5) is 0 Å². The number of nitrogens with one attached hydrogen (secondary N) is 4. The molecular formula is C13H32N4. The normalized spacial score (nSPS) is 13.2. The van der Waals surface area contributed by atoms with Crippen LogP contribution in [0.15, 0.2) is 0 Å². The molecule has 0 aliphatic carbocycles. The van der Waals surface area contributed by atoms with Crippen molar-refractivity contribution in [2.45, 2.75) is 46.2 Å². The highest BCUT2D eigenvalue weighted by Gasteiger charge is 1.95. The molecule has 0 radical (unpaired) electrons. The van der Waals surface area contributed by atoms with Gasteiger partial charge in [0.05, 0.1) is 0 Å². The number of hydrogen-bond donors (Lipinski definition) is 4. The lowest BCUT2D eigenvalue weighted by atomic mass is 10.3. The Kier molecular flexibility index (Phi) is 12.2. The standard InChI is InChI=1S/C13H32N4/c1-5-13(4)17-11-9-15-7-6-14-8-10-16-12(2)3/h12-17H,5-11H2,1-4H3. The second-order valence-electron chi connectivity index (χ2n) is 4.87. The summed E-state index contributed by atoms with van der Waals surface area (Å²) in [6.45, 7) is 15.1. The molecule has 0 spiro atoms. The van der Waals surface area contributed by atoms with Gasteiger partial charge in [0.1, 0.15) is 0 Å². The molecule has 1 atom stereocenters. The van der Waals surface area contributed by atoms with Crippen LogP contribution in [0.3, 0.4) is 0 Å². The zero-order chi connectivity index (χ0) is 12.9. The smallest absolute Gasteiger partial charge is 0.00792 e. The molecule has 0 fully saturated rings. The van der Waals surface area contributed by atoms with Gasteiger partial charge in [0, 0.05) is 51.4 Å². The molecule has 4 heteroatoms. The van der Waals surface area contributed by atoms with Crippen molar-refractivity contribution in [3.63, 3.8) is 0 Å². The molecule has 4 nitrogen and oxygen atoms in total. The van der Waals surface area contributed by atoms with E-state index in [2.05, 4.69) is 49.0 Å². The topological polar surface area (TPSA) is 48.1 Å². The first-order valence-corrected chi connectivity index (χ1v) is 7.05. The van der Waals surface area contributed by atoms with Gasteiger partial charge in [0.2, 0.25) is 0 Å². The van der Waals surface area contributed by atoms with Crippen LogP contribution in [-0.2, 0) is 0 Å². The van der Waals surface area contributed by atoms with Crippen molar-refractivity contribution in [2.24, 2.45) is 0 Å². The molecule has 0 aliphatic rings. The van der Waals surface area contributed by atoms with Crippen molar-refractivity contribution in [3.05, 3.63) is 0 Å². The molecule has 0 saturated heterocycles. The van der Waals surface area contributed by atoms with Gasteiger partial charge in [-0.25, -0.2) is 0 Å². The van der Waals surface area contributed by atoms with Gasteiger partial charge in [0.25, 0.3) is 0 Å². The zero-order valence-electron chi connectivity index (χ0n) is 12.1. The third kappa shape index (κ3) is 13.8. The van der Waals surface area contributed by atoms with Crippen LogP contribution < -0.4 is 21.3 Å². The van der Waals surface area contributed by atoms with E-state index >= 15 is 0 Å². The fraction of sp³-hybridized carbons (Fsp3) is 1.00. The zero-order valence-corrected chi connectivity index (χ0v) is 12.1. The molecule has 104 valence electrons. The van der Waals surface area contributed by atoms with Crippen LogP contribution in [0.5, 0.6) is 0 Å². The minimum atomic E-state index is 0.585. The van der Waals surface area contributed by atoms with Crippen molar-refractivity contribution in [1.82, 2.24) is 21.3 Å². The Hall–Kier alpha value is -0.160. The Labute approximate surface area is 107 Å². The Morgan fingerprint density at radius 2 is 1.18 bits per heavy atom. The lowest BCUT2D eigenvalue weighted by Gasteiger charge is -2.12. The lowest BCUT2D eigenvalue weighted by molar-refractivity contribution is 0.508. The molecule has 0 heterocycles. The molecule has 0 aromatic carbocycles. The van der Waals surface area contributed by atoms with E-state index in [1.54, 1.807) is 0 Å². The average Bonchev–Trinajstić information content (AvgIpc) is 2.30. The summed E-state index contributed by atoms with van der Waals surface area (Å²) in [5.74, 6) is 0. The first kappa shape index (κ1) is 16.8. The van der Waals surface area contributed by atoms with Crippen LogP contribution in [0.25, 0.3) is 0 Å². The number of rotatable bonds is 12. The van der Waals surface area contributed by atoms with Crippen molar-refractivity contribution in [3.8, 4) is 0 Å². The summed E-state index contributed by atoms with van der Waals surface area (Å²) >= 11 is 0. The highest BCUT2D eigenvalue weighted by molar-refractivity contribution is 4.60. The van der Waals surface area contributed by atoms with Gasteiger partial charge >= 0.3 is 0 Å². The van der Waals surface area contributed by atoms with Crippen molar-refractivity contribution in [1.29, 1.82) is 0 Å². The van der Waals surface area contributed by atoms with Gasteiger partial charge in [-0.2, -0.15) is 0 Å². The van der Waals surface area contributed by atoms with E-state index < -0.39 is 0 Å². The second kappa shape index (κ2) is 12.3. The molecule has 0 saturated carbocycles. The van der Waals surface area contributed by atoms with Crippen molar-refractivity contribution in [2.75, 3.05) is 39.3 Å². The minimum Gasteiger partial charge on any atom is -0.314 e. The highest BCUT2D eigenvalue weighted by Crippen LogP contribution is 1.84. The van der Waals surface area contributed by atoms with Gasteiger partial charge in [-0.15, -0.1) is 0 Å². The van der Waals surface area contributed by atoms with Crippen LogP contribution in [0, 0.1) is 0 Å². The summed E-state index contributed by atoms with van der Waals surface area (Å²) in [6.07, 6.45) is 1.20. The molecule has 1 unspecified atom stereocenters. The maximum atomic E-state index is 3.46. The SMILES string of the molecule is CCC(C)NCCNCCNCCNC(C)C. The Morgan fingerprint density at radius 3 is 1.65 bits per heavy atom. The lowest BCUT2D eigenvalue weighted by Crippen LogP contribution is -2.37. The van der Waals surface area contributed by atoms with Crippen LogP contribution >= 0.6 is 0 Å². The Morgan fingerprint density at radius 1 is 0.706 bits per heavy atom. The van der Waals surface area contributed by atoms with Gasteiger partial charge in [-0.05, 0) is 13.3 Å². The fourth-order valence-electron chi connectivity index (χ4n) is 1.43. The molecule has 17 heavy (non-hydrogen) atoms. The molecule has 0 rings (SSSR count). The Balaban J connectivity index is 2.99. The van der Waals surface area contributed by atoms with E-state index in [1.165, 1.54) is 6.42 Å². The van der Waals surface area contributed by atoms with Crippen LogP contribution in [0.1, 0.15) is 34.1 Å². The van der Waals surface area contributed by atoms with E-state index in [9.17, 15) is 0 Å². The average molecular weight is 244 g/mol. The van der Waals surface area contributed by atoms with Gasteiger partial charge in [0.15, 0.2) is 0 Å². The molecule has 0 bridgehead atoms. The third-order valence-corrected chi connectivity index (χ3v) is 2.74. The quantitative estimate of drug-likeness (QED) is 0.379. The summed E-state index contributed by atoms with van der Waals surface area (Å²) < 4.78 is 0. The van der Waals surface area contributed by atoms with Crippen molar-refractivity contribution >= 4 is 0 Å². The fourth-order valence-corrected chi connectivity index (χ4v) is 1.43. The monoisotopic (exact) mass is 244 g/mol. The first-order chi connectivity index (χ1) is 8.16. The van der Waals surface area contributed by atoms with E-state index in [4.69, 9.17) is 0 Å². The molecule has 0 aliphatic heterocycles. The summed E-state index contributed by atoms with van der Waals surface area (Å²) in [5, 5.41) is 13.7. The summed E-state index contributed by atoms with van der Waals surface area (Å²) in [4.78, 5) is 0. The van der Waals surface area contributed by atoms with Gasteiger partial charge < -0.3 is 21.3 Å². The second-order valence-corrected chi connectivity index (χ2v) is 4.87. The van der Waals surface area contributed by atoms with E-state index in [-0.39, 0.29) is 0 Å². The largest absolute Gasteiger partial charge is 0.314 e. The summed E-state index contributed by atoms with van der Waals surface area (Å²) in [6, 6.07) is 1.22. The highest BCUT2D eigenvalue weighted by atomic mass is 15.0. The van der Waals surface area contributed by atoms with E-state index in [0.29, 0.717) is 12.1 Å². The molecular weight excluding hydrogens is 212 g/mol. The predicted molar refractivity (Wildman–Crippen MR) is 76.6 cm³/mol. The molecule has 4 N–H and O–H groups in total. The predicted octanol–water partition coefficient (Wildman–Crippen LogP) is 0.552. The molecule has 0 aromatic rings. The maximum absolute atomic E-state index is 3.46. The van der Waals surface area contributed by atoms with Crippen molar-refractivity contribution < 1.29 is 0 Å². The molecule has 0 aromatic heterocycles. The van der Waals surface area contributed by atoms with Crippen LogP contribution in [-0.4, -0.2) is 51.4 Å². The van der Waals surface area contributed by atoms with E-state index in [0.717, 1.165) is 39.3 Å². The first-order valence-electron chi connectivity index (χ1n) is 7.05. The Bertz CT molecular complexity index is 150. The van der Waals surface area contributed by atoms with E-state index in [1.807, 2.05) is 0 Å². The van der Waals surface area contributed by atoms with Crippen LogP contribution in [0.2, 0.25) is 0 Å².